The quantitative estimate of drug-likeness (QED) is 0.329. The molecule has 0 bridgehead atoms. The number of anilines is 1. The van der Waals surface area contributed by atoms with E-state index in [0.717, 1.165) is 17.8 Å². The molecule has 0 radical (unpaired) electrons. The van der Waals surface area contributed by atoms with Crippen LogP contribution >= 0.6 is 11.8 Å². The zero-order valence-electron chi connectivity index (χ0n) is 17.5. The van der Waals surface area contributed by atoms with Crippen LogP contribution in [0.5, 0.6) is 0 Å². The fourth-order valence-corrected chi connectivity index (χ4v) is 4.26. The zero-order valence-corrected chi connectivity index (χ0v) is 18.3. The second-order valence-electron chi connectivity index (χ2n) is 7.15. The van der Waals surface area contributed by atoms with E-state index in [1.807, 2.05) is 72.8 Å². The molecular formula is C25H23N3O2S. The minimum atomic E-state index is -0.138. The molecule has 0 unspecified atom stereocenters. The van der Waals surface area contributed by atoms with E-state index < -0.39 is 0 Å². The number of hydrogen-bond donors (Lipinski definition) is 0. The van der Waals surface area contributed by atoms with Crippen LogP contribution in [0.2, 0.25) is 0 Å². The molecular weight excluding hydrogens is 406 g/mol. The van der Waals surface area contributed by atoms with Crippen molar-refractivity contribution < 1.29 is 4.79 Å². The Morgan fingerprint density at radius 2 is 1.65 bits per heavy atom. The van der Waals surface area contributed by atoms with Gasteiger partial charge in [-0.15, -0.1) is 0 Å². The van der Waals surface area contributed by atoms with Crippen LogP contribution in [0.1, 0.15) is 12.5 Å². The molecule has 31 heavy (non-hydrogen) atoms. The van der Waals surface area contributed by atoms with Crippen LogP contribution < -0.4 is 10.5 Å². The summed E-state index contributed by atoms with van der Waals surface area (Å²) >= 11 is 1.27. The molecule has 4 rings (SSSR count). The van der Waals surface area contributed by atoms with Gasteiger partial charge < -0.3 is 4.90 Å². The highest BCUT2D eigenvalue weighted by atomic mass is 32.2. The first kappa shape index (κ1) is 20.9. The molecule has 4 aromatic rings. The largest absolute Gasteiger partial charge is 0.315 e. The summed E-state index contributed by atoms with van der Waals surface area (Å²) in [6.45, 7) is 2.09. The first-order chi connectivity index (χ1) is 15.1. The average Bonchev–Trinajstić information content (AvgIpc) is 2.83. The molecule has 6 heteroatoms. The Bertz CT molecular complexity index is 1270. The minimum absolute atomic E-state index is 0.0634. The predicted octanol–water partition coefficient (Wildman–Crippen LogP) is 4.70. The maximum atomic E-state index is 13.3. The average molecular weight is 430 g/mol. The Kier molecular flexibility index (Phi) is 6.18. The lowest BCUT2D eigenvalue weighted by Gasteiger charge is -2.18. The summed E-state index contributed by atoms with van der Waals surface area (Å²) < 4.78 is 1.60. The Hall–Kier alpha value is -3.38. The molecule has 0 atom stereocenters. The molecule has 1 aromatic heterocycles. The van der Waals surface area contributed by atoms with Crippen LogP contribution in [0.3, 0.4) is 0 Å². The summed E-state index contributed by atoms with van der Waals surface area (Å²) in [6.07, 6.45) is 0.924. The number of para-hydroxylation sites is 2. The minimum Gasteiger partial charge on any atom is -0.315 e. The summed E-state index contributed by atoms with van der Waals surface area (Å²) in [4.78, 5) is 32.4. The Labute approximate surface area is 185 Å². The number of amides is 1. The van der Waals surface area contributed by atoms with E-state index in [0.29, 0.717) is 16.1 Å². The summed E-state index contributed by atoms with van der Waals surface area (Å²) in [5.74, 6) is 0.106. The van der Waals surface area contributed by atoms with Gasteiger partial charge in [-0.3, -0.25) is 14.2 Å². The molecule has 1 amide bonds. The van der Waals surface area contributed by atoms with Crippen LogP contribution in [-0.2, 0) is 11.2 Å². The lowest BCUT2D eigenvalue weighted by atomic mass is 10.1. The van der Waals surface area contributed by atoms with Crippen LogP contribution in [0.25, 0.3) is 16.6 Å². The smallest absolute Gasteiger partial charge is 0.266 e. The molecule has 5 nitrogen and oxygen atoms in total. The van der Waals surface area contributed by atoms with Gasteiger partial charge in [-0.05, 0) is 48.4 Å². The number of nitrogens with zero attached hydrogens (tertiary/aromatic N) is 3. The second kappa shape index (κ2) is 9.18. The summed E-state index contributed by atoms with van der Waals surface area (Å²) in [7, 11) is 1.75. The van der Waals surface area contributed by atoms with Crippen LogP contribution in [0, 0.1) is 0 Å². The second-order valence-corrected chi connectivity index (χ2v) is 8.09. The number of fused-ring (bicyclic) bond motifs is 1. The predicted molar refractivity (Wildman–Crippen MR) is 127 cm³/mol. The Balaban J connectivity index is 1.70. The molecule has 0 spiro atoms. The van der Waals surface area contributed by atoms with Gasteiger partial charge in [0, 0.05) is 12.7 Å². The van der Waals surface area contributed by atoms with Crippen molar-refractivity contribution in [2.24, 2.45) is 0 Å². The molecule has 0 saturated carbocycles. The van der Waals surface area contributed by atoms with Crippen LogP contribution in [0.4, 0.5) is 5.69 Å². The molecule has 0 aliphatic carbocycles. The van der Waals surface area contributed by atoms with Gasteiger partial charge in [0.15, 0.2) is 5.16 Å². The van der Waals surface area contributed by atoms with Gasteiger partial charge in [0.25, 0.3) is 5.56 Å². The normalized spacial score (nSPS) is 10.9. The van der Waals surface area contributed by atoms with Gasteiger partial charge in [-0.1, -0.05) is 61.2 Å². The van der Waals surface area contributed by atoms with Crippen molar-refractivity contribution in [2.75, 3.05) is 17.7 Å². The maximum Gasteiger partial charge on any atom is 0.266 e. The number of benzene rings is 3. The van der Waals surface area contributed by atoms with Crippen molar-refractivity contribution in [1.29, 1.82) is 0 Å². The van der Waals surface area contributed by atoms with Crippen molar-refractivity contribution >= 4 is 34.3 Å². The molecule has 0 aliphatic rings. The Morgan fingerprint density at radius 1 is 0.968 bits per heavy atom. The molecule has 0 fully saturated rings. The van der Waals surface area contributed by atoms with E-state index >= 15 is 0 Å². The van der Waals surface area contributed by atoms with Crippen molar-refractivity contribution in [3.63, 3.8) is 0 Å². The van der Waals surface area contributed by atoms with E-state index in [4.69, 9.17) is 4.98 Å². The fraction of sp³-hybridized carbons (Fsp3) is 0.160. The number of aromatic nitrogens is 2. The number of thioether (sulfide) groups is 1. The van der Waals surface area contributed by atoms with Gasteiger partial charge in [-0.2, -0.15) is 0 Å². The lowest BCUT2D eigenvalue weighted by Crippen LogP contribution is -2.28. The first-order valence-corrected chi connectivity index (χ1v) is 11.1. The van der Waals surface area contributed by atoms with Crippen molar-refractivity contribution in [1.82, 2.24) is 9.55 Å². The molecule has 0 saturated heterocycles. The van der Waals surface area contributed by atoms with E-state index in [2.05, 4.69) is 6.92 Å². The van der Waals surface area contributed by atoms with Crippen molar-refractivity contribution in [2.45, 2.75) is 18.5 Å². The molecule has 3 aromatic carbocycles. The first-order valence-electron chi connectivity index (χ1n) is 10.1. The highest BCUT2D eigenvalue weighted by molar-refractivity contribution is 7.99. The lowest BCUT2D eigenvalue weighted by molar-refractivity contribution is -0.115. The van der Waals surface area contributed by atoms with Gasteiger partial charge in [0.1, 0.15) is 0 Å². The van der Waals surface area contributed by atoms with E-state index in [1.54, 1.807) is 22.6 Å². The summed E-state index contributed by atoms with van der Waals surface area (Å²) in [6, 6.07) is 24.7. The van der Waals surface area contributed by atoms with Gasteiger partial charge in [0.2, 0.25) is 5.91 Å². The number of rotatable bonds is 6. The molecule has 0 aliphatic heterocycles. The molecule has 0 N–H and O–H groups in total. The number of aryl methyl sites for hydroxylation is 1. The highest BCUT2D eigenvalue weighted by Crippen LogP contribution is 2.23. The third-order valence-electron chi connectivity index (χ3n) is 5.19. The number of carbonyl (C=O) groups is 1. The SMILES string of the molecule is CCc1ccc(-n2c(SCC(=O)N(C)c3ccccc3)nc3ccccc3c2=O)cc1. The third-order valence-corrected chi connectivity index (χ3v) is 6.11. The van der Waals surface area contributed by atoms with Crippen LogP contribution in [0.15, 0.2) is 88.8 Å². The Morgan fingerprint density at radius 3 is 2.35 bits per heavy atom. The van der Waals surface area contributed by atoms with E-state index in [-0.39, 0.29) is 17.2 Å². The fourth-order valence-electron chi connectivity index (χ4n) is 3.34. The monoisotopic (exact) mass is 429 g/mol. The topological polar surface area (TPSA) is 55.2 Å². The number of hydrogen-bond acceptors (Lipinski definition) is 4. The standard InChI is InChI=1S/C25H23N3O2S/c1-3-18-13-15-20(16-14-18)28-24(30)21-11-7-8-12-22(21)26-25(28)31-17-23(29)27(2)19-9-5-4-6-10-19/h4-16H,3,17H2,1-2H3. The van der Waals surface area contributed by atoms with Crippen LogP contribution in [-0.4, -0.2) is 28.3 Å². The molecule has 156 valence electrons. The van der Waals surface area contributed by atoms with Gasteiger partial charge in [0.05, 0.1) is 22.3 Å². The zero-order chi connectivity index (χ0) is 21.8. The van der Waals surface area contributed by atoms with E-state index in [1.165, 1.54) is 17.3 Å². The summed E-state index contributed by atoms with van der Waals surface area (Å²) in [5, 5.41) is 1.06. The highest BCUT2D eigenvalue weighted by Gasteiger charge is 2.17. The van der Waals surface area contributed by atoms with Gasteiger partial charge >= 0.3 is 0 Å². The summed E-state index contributed by atoms with van der Waals surface area (Å²) in [5.41, 5.74) is 3.25. The van der Waals surface area contributed by atoms with Crippen molar-refractivity contribution in [3.05, 3.63) is 94.8 Å². The van der Waals surface area contributed by atoms with Crippen molar-refractivity contribution in [3.8, 4) is 5.69 Å². The van der Waals surface area contributed by atoms with E-state index in [9.17, 15) is 9.59 Å². The maximum absolute atomic E-state index is 13.3. The van der Waals surface area contributed by atoms with Gasteiger partial charge in [-0.25, -0.2) is 4.98 Å². The number of carbonyl (C=O) groups excluding carboxylic acids is 1. The third kappa shape index (κ3) is 4.39. The molecule has 1 heterocycles.